The van der Waals surface area contributed by atoms with Crippen LogP contribution in [0.15, 0.2) is 23.8 Å². The molecule has 0 aromatic rings. The number of amides is 1. The fourth-order valence-corrected chi connectivity index (χ4v) is 3.86. The minimum Gasteiger partial charge on any atom is -0.392 e. The van der Waals surface area contributed by atoms with Gasteiger partial charge in [-0.25, -0.2) is 0 Å². The van der Waals surface area contributed by atoms with Gasteiger partial charge in [-0.05, 0) is 43.9 Å². The highest BCUT2D eigenvalue weighted by Crippen LogP contribution is 2.48. The van der Waals surface area contributed by atoms with Crippen LogP contribution in [0.5, 0.6) is 0 Å². The summed E-state index contributed by atoms with van der Waals surface area (Å²) in [5.41, 5.74) is 1.49. The predicted molar refractivity (Wildman–Crippen MR) is 87.2 cm³/mol. The second kappa shape index (κ2) is 7.93. The van der Waals surface area contributed by atoms with Crippen molar-refractivity contribution in [2.45, 2.75) is 44.6 Å². The van der Waals surface area contributed by atoms with Crippen molar-refractivity contribution >= 4 is 5.91 Å². The van der Waals surface area contributed by atoms with Crippen LogP contribution in [-0.2, 0) is 4.79 Å². The molecule has 1 saturated carbocycles. The molecule has 124 valence electrons. The molecule has 2 rings (SSSR count). The number of carbonyl (C=O) groups is 1. The zero-order chi connectivity index (χ0) is 16.1. The number of aliphatic hydroxyl groups is 2. The Morgan fingerprint density at radius 2 is 2.18 bits per heavy atom. The van der Waals surface area contributed by atoms with Crippen molar-refractivity contribution in [1.29, 1.82) is 0 Å². The normalized spacial score (nSPS) is 30.6. The summed E-state index contributed by atoms with van der Waals surface area (Å²) in [5, 5.41) is 19.1. The van der Waals surface area contributed by atoms with Gasteiger partial charge in [-0.2, -0.15) is 0 Å². The minimum atomic E-state index is -0.270. The molecule has 1 fully saturated rings. The van der Waals surface area contributed by atoms with Gasteiger partial charge in [0.05, 0.1) is 12.7 Å². The van der Waals surface area contributed by atoms with Crippen molar-refractivity contribution in [1.82, 2.24) is 4.90 Å². The van der Waals surface area contributed by atoms with Crippen LogP contribution in [0.3, 0.4) is 0 Å². The Balaban J connectivity index is 1.76. The highest BCUT2D eigenvalue weighted by atomic mass is 16.3. The van der Waals surface area contributed by atoms with Crippen molar-refractivity contribution in [2.75, 3.05) is 20.7 Å². The van der Waals surface area contributed by atoms with Gasteiger partial charge in [0.15, 0.2) is 0 Å². The van der Waals surface area contributed by atoms with E-state index in [4.69, 9.17) is 5.11 Å². The molecule has 22 heavy (non-hydrogen) atoms. The molecule has 0 aromatic carbocycles. The van der Waals surface area contributed by atoms with Gasteiger partial charge in [-0.15, -0.1) is 0 Å². The van der Waals surface area contributed by atoms with Crippen molar-refractivity contribution in [3.8, 4) is 0 Å². The molecule has 0 radical (unpaired) electrons. The van der Waals surface area contributed by atoms with Crippen LogP contribution >= 0.6 is 0 Å². The van der Waals surface area contributed by atoms with Gasteiger partial charge in [0, 0.05) is 26.4 Å². The quantitative estimate of drug-likeness (QED) is 0.559. The van der Waals surface area contributed by atoms with E-state index in [0.717, 1.165) is 32.1 Å². The largest absolute Gasteiger partial charge is 0.392 e. The van der Waals surface area contributed by atoms with Crippen LogP contribution in [0.1, 0.15) is 38.5 Å². The molecule has 2 aliphatic rings. The molecule has 0 bridgehead atoms. The van der Waals surface area contributed by atoms with Gasteiger partial charge in [0.2, 0.25) is 5.91 Å². The topological polar surface area (TPSA) is 60.8 Å². The van der Waals surface area contributed by atoms with E-state index in [-0.39, 0.29) is 24.5 Å². The zero-order valence-corrected chi connectivity index (χ0v) is 13.7. The molecule has 0 heterocycles. The summed E-state index contributed by atoms with van der Waals surface area (Å²) in [5.74, 6) is 1.37. The molecule has 4 nitrogen and oxygen atoms in total. The third-order valence-electron chi connectivity index (χ3n) is 5.05. The SMILES string of the molecule is CN(C)C(=O)CCCCC1=C[C@H]2C[C@@H](O)[C@H](C=CCO)[C@H]2C1. The third-order valence-corrected chi connectivity index (χ3v) is 5.05. The monoisotopic (exact) mass is 307 g/mol. The van der Waals surface area contributed by atoms with Crippen molar-refractivity contribution in [3.05, 3.63) is 23.8 Å². The number of hydrogen-bond acceptors (Lipinski definition) is 3. The Morgan fingerprint density at radius 1 is 1.41 bits per heavy atom. The average Bonchev–Trinajstić information content (AvgIpc) is 2.98. The molecule has 4 atom stereocenters. The molecule has 0 saturated heterocycles. The molecule has 4 heteroatoms. The number of carbonyl (C=O) groups excluding carboxylic acids is 1. The maximum absolute atomic E-state index is 11.5. The number of fused-ring (bicyclic) bond motifs is 1. The Bertz CT molecular complexity index is 442. The molecule has 0 aliphatic heterocycles. The Kier molecular flexibility index (Phi) is 6.21. The molecule has 1 amide bonds. The number of unbranched alkanes of at least 4 members (excludes halogenated alkanes) is 1. The average molecular weight is 307 g/mol. The van der Waals surface area contributed by atoms with Gasteiger partial charge >= 0.3 is 0 Å². The van der Waals surface area contributed by atoms with E-state index in [2.05, 4.69) is 6.08 Å². The summed E-state index contributed by atoms with van der Waals surface area (Å²) < 4.78 is 0. The summed E-state index contributed by atoms with van der Waals surface area (Å²) in [4.78, 5) is 13.2. The van der Waals surface area contributed by atoms with Gasteiger partial charge in [-0.3, -0.25) is 4.79 Å². The lowest BCUT2D eigenvalue weighted by Gasteiger charge is -2.18. The van der Waals surface area contributed by atoms with E-state index >= 15 is 0 Å². The van der Waals surface area contributed by atoms with E-state index in [1.807, 2.05) is 6.08 Å². The molecule has 0 spiro atoms. The van der Waals surface area contributed by atoms with E-state index in [1.165, 1.54) is 5.57 Å². The zero-order valence-electron chi connectivity index (χ0n) is 13.7. The molecule has 2 N–H and O–H groups in total. The first kappa shape index (κ1) is 17.2. The van der Waals surface area contributed by atoms with E-state index in [0.29, 0.717) is 18.3 Å². The first-order valence-corrected chi connectivity index (χ1v) is 8.38. The molecule has 0 aromatic heterocycles. The van der Waals surface area contributed by atoms with Crippen molar-refractivity contribution in [3.63, 3.8) is 0 Å². The van der Waals surface area contributed by atoms with E-state index in [1.54, 1.807) is 25.1 Å². The lowest BCUT2D eigenvalue weighted by atomic mass is 9.89. The smallest absolute Gasteiger partial charge is 0.222 e. The standard InChI is InChI=1S/C18H29NO3/c1-19(2)18(22)8-4-3-6-13-10-14-12-17(21)15(7-5-9-20)16(14)11-13/h5,7,10,14-17,20-21H,3-4,6,8-9,11-12H2,1-2H3/t14-,15+,16-,17+/m0/s1. The van der Waals surface area contributed by atoms with E-state index < -0.39 is 0 Å². The molecule has 2 aliphatic carbocycles. The number of hydrogen-bond donors (Lipinski definition) is 2. The van der Waals surface area contributed by atoms with Gasteiger partial charge in [0.1, 0.15) is 0 Å². The summed E-state index contributed by atoms with van der Waals surface area (Å²) in [6.45, 7) is 0.0425. The molecular weight excluding hydrogens is 278 g/mol. The van der Waals surface area contributed by atoms with Crippen LogP contribution in [0.25, 0.3) is 0 Å². The first-order valence-electron chi connectivity index (χ1n) is 8.38. The Hall–Kier alpha value is -1.13. The van der Waals surface area contributed by atoms with Crippen LogP contribution in [0.4, 0.5) is 0 Å². The predicted octanol–water partition coefficient (Wildman–Crippen LogP) is 2.13. The first-order chi connectivity index (χ1) is 10.5. The van der Waals surface area contributed by atoms with Crippen LogP contribution in [0.2, 0.25) is 0 Å². The van der Waals surface area contributed by atoms with Crippen LogP contribution < -0.4 is 0 Å². The fourth-order valence-electron chi connectivity index (χ4n) is 3.86. The summed E-state index contributed by atoms with van der Waals surface area (Å²) in [7, 11) is 3.60. The Morgan fingerprint density at radius 3 is 2.86 bits per heavy atom. The number of allylic oxidation sites excluding steroid dienone is 2. The number of nitrogens with zero attached hydrogens (tertiary/aromatic N) is 1. The highest BCUT2D eigenvalue weighted by molar-refractivity contribution is 5.75. The highest BCUT2D eigenvalue weighted by Gasteiger charge is 2.42. The summed E-state index contributed by atoms with van der Waals surface area (Å²) in [6.07, 6.45) is 11.4. The van der Waals surface area contributed by atoms with Gasteiger partial charge < -0.3 is 15.1 Å². The minimum absolute atomic E-state index is 0.0425. The third kappa shape index (κ3) is 4.20. The second-order valence-electron chi connectivity index (χ2n) is 6.84. The van der Waals surface area contributed by atoms with Crippen molar-refractivity contribution < 1.29 is 15.0 Å². The lowest BCUT2D eigenvalue weighted by Crippen LogP contribution is -2.21. The van der Waals surface area contributed by atoms with Gasteiger partial charge in [0.25, 0.3) is 0 Å². The fraction of sp³-hybridized carbons (Fsp3) is 0.722. The lowest BCUT2D eigenvalue weighted by molar-refractivity contribution is -0.128. The number of rotatable bonds is 7. The van der Waals surface area contributed by atoms with Crippen molar-refractivity contribution in [2.24, 2.45) is 17.8 Å². The summed E-state index contributed by atoms with van der Waals surface area (Å²) in [6, 6.07) is 0. The molecule has 0 unspecified atom stereocenters. The van der Waals surface area contributed by atoms with E-state index in [9.17, 15) is 9.90 Å². The van der Waals surface area contributed by atoms with Gasteiger partial charge in [-0.1, -0.05) is 23.8 Å². The maximum Gasteiger partial charge on any atom is 0.222 e. The Labute approximate surface area is 133 Å². The number of aliphatic hydroxyl groups excluding tert-OH is 2. The van der Waals surface area contributed by atoms with Crippen LogP contribution in [0, 0.1) is 17.8 Å². The maximum atomic E-state index is 11.5. The second-order valence-corrected chi connectivity index (χ2v) is 6.84. The van der Waals surface area contributed by atoms with Crippen LogP contribution in [-0.4, -0.2) is 47.8 Å². The molecular formula is C18H29NO3. The summed E-state index contributed by atoms with van der Waals surface area (Å²) >= 11 is 0.